The summed E-state index contributed by atoms with van der Waals surface area (Å²) in [5.41, 5.74) is 1.29. The number of urea groups is 1. The zero-order chi connectivity index (χ0) is 25.3. The number of alkyl halides is 3. The minimum absolute atomic E-state index is 0.0164. The Balaban J connectivity index is 1.50. The first-order chi connectivity index (χ1) is 16.6. The van der Waals surface area contributed by atoms with E-state index in [1.807, 2.05) is 0 Å². The van der Waals surface area contributed by atoms with Gasteiger partial charge in [0.05, 0.1) is 32.0 Å². The number of carbonyl (C=O) groups excluding carboxylic acids is 2. The Morgan fingerprint density at radius 1 is 1.40 bits per heavy atom. The van der Waals surface area contributed by atoms with E-state index >= 15 is 0 Å². The van der Waals surface area contributed by atoms with Gasteiger partial charge in [0.15, 0.2) is 0 Å². The van der Waals surface area contributed by atoms with Crippen LogP contribution in [0, 0.1) is 12.4 Å². The number of hydroxylamine groups is 2. The number of rotatable bonds is 4. The topological polar surface area (TPSA) is 93.3 Å². The maximum absolute atomic E-state index is 13.6. The fraction of sp³-hybridized carbons (Fsp3) is 0.429. The van der Waals surface area contributed by atoms with Gasteiger partial charge in [0, 0.05) is 31.3 Å². The summed E-state index contributed by atoms with van der Waals surface area (Å²) >= 11 is 0. The zero-order valence-corrected chi connectivity index (χ0v) is 18.4. The van der Waals surface area contributed by atoms with Crippen LogP contribution in [-0.2, 0) is 29.1 Å². The molecule has 1 N–H and O–H groups in total. The predicted octanol–water partition coefficient (Wildman–Crippen LogP) is 3.13. The van der Waals surface area contributed by atoms with Crippen LogP contribution in [0.5, 0.6) is 0 Å². The molecule has 2 aliphatic rings. The van der Waals surface area contributed by atoms with E-state index in [2.05, 4.69) is 15.3 Å². The zero-order valence-electron chi connectivity index (χ0n) is 18.4. The monoisotopic (exact) mass is 496 g/mol. The van der Waals surface area contributed by atoms with Crippen LogP contribution in [0.4, 0.5) is 33.7 Å². The molecule has 1 atom stereocenters. The molecule has 1 aromatic carbocycles. The van der Waals surface area contributed by atoms with Crippen molar-refractivity contribution in [3.63, 3.8) is 0 Å². The van der Waals surface area contributed by atoms with E-state index < -0.39 is 43.2 Å². The van der Waals surface area contributed by atoms with Crippen molar-refractivity contribution in [1.82, 2.24) is 19.7 Å². The van der Waals surface area contributed by atoms with Gasteiger partial charge in [-0.05, 0) is 18.2 Å². The van der Waals surface area contributed by atoms with Gasteiger partial charge >= 0.3 is 12.2 Å². The summed E-state index contributed by atoms with van der Waals surface area (Å²) in [5, 5.41) is 7.97. The number of carbonyl (C=O) groups is 2. The number of hydrogen-bond acceptors (Lipinski definition) is 5. The van der Waals surface area contributed by atoms with E-state index in [0.29, 0.717) is 17.7 Å². The van der Waals surface area contributed by atoms with E-state index in [9.17, 15) is 27.2 Å². The molecule has 14 heteroatoms. The van der Waals surface area contributed by atoms with Crippen LogP contribution in [-0.4, -0.2) is 70.8 Å². The van der Waals surface area contributed by atoms with Gasteiger partial charge in [-0.25, -0.2) is 19.1 Å². The predicted molar refractivity (Wildman–Crippen MR) is 112 cm³/mol. The van der Waals surface area contributed by atoms with Crippen LogP contribution in [0.15, 0.2) is 18.2 Å². The standard InChI is InChI=1S/C21H20F4N6O4/c1-26-17-7-12(3-4-15(17)22)27-20(33)30-6-5-16-14(9-30)18-19(32)29(2)35-13(8-31(18)28-16)10-34-11-21(23,24)25/h3-4,7,13H,5-6,8-11H2,2H3,(H,27,33)/t13-/m0/s1. The van der Waals surface area contributed by atoms with Crippen molar-refractivity contribution in [3.8, 4) is 0 Å². The molecular formula is C21H20F4N6O4. The molecule has 0 radical (unpaired) electrons. The molecule has 0 saturated carbocycles. The molecule has 35 heavy (non-hydrogen) atoms. The van der Waals surface area contributed by atoms with Gasteiger partial charge < -0.3 is 15.0 Å². The summed E-state index contributed by atoms with van der Waals surface area (Å²) in [6.45, 7) is 5.46. The number of anilines is 1. The molecule has 10 nitrogen and oxygen atoms in total. The normalized spacial score (nSPS) is 17.9. The first kappa shape index (κ1) is 24.4. The quantitative estimate of drug-likeness (QED) is 0.519. The van der Waals surface area contributed by atoms with Crippen molar-refractivity contribution in [2.75, 3.05) is 32.1 Å². The molecule has 4 rings (SSSR count). The van der Waals surface area contributed by atoms with Crippen LogP contribution >= 0.6 is 0 Å². The van der Waals surface area contributed by atoms with Gasteiger partial charge in [0.1, 0.15) is 24.2 Å². The van der Waals surface area contributed by atoms with Crippen LogP contribution < -0.4 is 5.32 Å². The third-order valence-electron chi connectivity index (χ3n) is 5.45. The van der Waals surface area contributed by atoms with Crippen molar-refractivity contribution in [2.45, 2.75) is 31.8 Å². The number of nitrogens with zero attached hydrogens (tertiary/aromatic N) is 5. The summed E-state index contributed by atoms with van der Waals surface area (Å²) in [6.07, 6.45) is -5.03. The summed E-state index contributed by atoms with van der Waals surface area (Å²) in [5.74, 6) is -1.25. The maximum Gasteiger partial charge on any atom is 0.411 e. The Bertz CT molecular complexity index is 1190. The molecule has 0 saturated heterocycles. The molecule has 3 heterocycles. The van der Waals surface area contributed by atoms with Gasteiger partial charge in [0.2, 0.25) is 5.69 Å². The van der Waals surface area contributed by atoms with Crippen LogP contribution in [0.3, 0.4) is 0 Å². The number of aromatic nitrogens is 2. The van der Waals surface area contributed by atoms with Gasteiger partial charge in [-0.2, -0.15) is 18.3 Å². The van der Waals surface area contributed by atoms with Gasteiger partial charge in [-0.1, -0.05) is 0 Å². The highest BCUT2D eigenvalue weighted by atomic mass is 19.4. The van der Waals surface area contributed by atoms with Crippen molar-refractivity contribution >= 4 is 23.3 Å². The summed E-state index contributed by atoms with van der Waals surface area (Å²) in [7, 11) is 1.34. The number of hydrogen-bond donors (Lipinski definition) is 1. The SMILES string of the molecule is [C-]#[N+]c1cc(NC(=O)N2CCc3nn4c(c3C2)C(=O)N(C)O[C@H](COCC(F)(F)F)C4)ccc1F. The lowest BCUT2D eigenvalue weighted by Crippen LogP contribution is -2.39. The maximum atomic E-state index is 13.6. The molecule has 1 aromatic heterocycles. The first-order valence-electron chi connectivity index (χ1n) is 10.5. The highest BCUT2D eigenvalue weighted by molar-refractivity contribution is 5.94. The van der Waals surface area contributed by atoms with Crippen molar-refractivity contribution in [1.29, 1.82) is 0 Å². The summed E-state index contributed by atoms with van der Waals surface area (Å²) in [6, 6.07) is 3.12. The van der Waals surface area contributed by atoms with E-state index in [4.69, 9.17) is 16.1 Å². The Morgan fingerprint density at radius 3 is 2.89 bits per heavy atom. The molecule has 3 amide bonds. The van der Waals surface area contributed by atoms with Gasteiger partial charge in [-0.3, -0.25) is 14.3 Å². The Hall–Kier alpha value is -3.70. The van der Waals surface area contributed by atoms with E-state index in [1.165, 1.54) is 28.8 Å². The van der Waals surface area contributed by atoms with Crippen LogP contribution in [0.1, 0.15) is 21.7 Å². The van der Waals surface area contributed by atoms with Crippen molar-refractivity contribution < 1.29 is 36.7 Å². The second kappa shape index (κ2) is 9.51. The number of nitrogens with one attached hydrogen (secondary N) is 1. The average Bonchev–Trinajstić information content (AvgIpc) is 3.10. The van der Waals surface area contributed by atoms with Crippen molar-refractivity contribution in [3.05, 3.63) is 52.4 Å². The Morgan fingerprint density at radius 2 is 2.17 bits per heavy atom. The van der Waals surface area contributed by atoms with Crippen LogP contribution in [0.25, 0.3) is 4.85 Å². The van der Waals surface area contributed by atoms with E-state index in [-0.39, 0.29) is 36.7 Å². The lowest BCUT2D eigenvalue weighted by molar-refractivity contribution is -0.202. The van der Waals surface area contributed by atoms with Crippen LogP contribution in [0.2, 0.25) is 0 Å². The number of amides is 3. The largest absolute Gasteiger partial charge is 0.411 e. The van der Waals surface area contributed by atoms with E-state index in [0.717, 1.165) is 11.1 Å². The molecule has 186 valence electrons. The highest BCUT2D eigenvalue weighted by Crippen LogP contribution is 2.28. The second-order valence-corrected chi connectivity index (χ2v) is 8.00. The van der Waals surface area contributed by atoms with Gasteiger partial charge in [-0.15, -0.1) is 0 Å². The number of ether oxygens (including phenoxy) is 1. The fourth-order valence-electron chi connectivity index (χ4n) is 3.89. The smallest absolute Gasteiger partial charge is 0.369 e. The Labute approximate surface area is 196 Å². The first-order valence-corrected chi connectivity index (χ1v) is 10.5. The van der Waals surface area contributed by atoms with Gasteiger partial charge in [0.25, 0.3) is 5.91 Å². The van der Waals surface area contributed by atoms with E-state index in [1.54, 1.807) is 0 Å². The van der Waals surface area contributed by atoms with Crippen molar-refractivity contribution in [2.24, 2.45) is 0 Å². The highest BCUT2D eigenvalue weighted by Gasteiger charge is 2.36. The third kappa shape index (κ3) is 5.36. The fourth-order valence-corrected chi connectivity index (χ4v) is 3.89. The lowest BCUT2D eigenvalue weighted by Gasteiger charge is -2.27. The average molecular weight is 496 g/mol. The minimum atomic E-state index is -4.49. The molecule has 2 aliphatic heterocycles. The molecule has 0 aliphatic carbocycles. The minimum Gasteiger partial charge on any atom is -0.369 e. The molecular weight excluding hydrogens is 476 g/mol. The molecule has 0 fully saturated rings. The lowest BCUT2D eigenvalue weighted by atomic mass is 10.1. The number of fused-ring (bicyclic) bond motifs is 3. The summed E-state index contributed by atoms with van der Waals surface area (Å²) in [4.78, 5) is 35.7. The molecule has 0 unspecified atom stereocenters. The molecule has 2 aromatic rings. The number of halogens is 4. The second-order valence-electron chi connectivity index (χ2n) is 8.00. The summed E-state index contributed by atoms with van der Waals surface area (Å²) < 4.78 is 56.8. The molecule has 0 spiro atoms. The third-order valence-corrected chi connectivity index (χ3v) is 5.45. The Kier molecular flexibility index (Phi) is 6.64. The number of benzene rings is 1. The molecule has 0 bridgehead atoms.